The molecule has 1 fully saturated rings. The number of ether oxygens (including phenoxy) is 1. The molecule has 1 saturated heterocycles. The molecule has 0 amide bonds. The van der Waals surface area contributed by atoms with Crippen molar-refractivity contribution < 1.29 is 4.74 Å². The highest BCUT2D eigenvalue weighted by Gasteiger charge is 2.14. The Hall–Kier alpha value is -0.630. The third kappa shape index (κ3) is 7.09. The Morgan fingerprint density at radius 2 is 2.12 bits per heavy atom. The van der Waals surface area contributed by atoms with Crippen LogP contribution < -0.4 is 15.4 Å². The van der Waals surface area contributed by atoms with Crippen LogP contribution in [0, 0.1) is 0 Å². The summed E-state index contributed by atoms with van der Waals surface area (Å²) in [5, 5.41) is 6.98. The number of methoxy groups -OCH3 is 1. The summed E-state index contributed by atoms with van der Waals surface area (Å²) < 4.78 is 5.21. The van der Waals surface area contributed by atoms with Crippen molar-refractivity contribution in [2.24, 2.45) is 4.99 Å². The molecule has 2 N–H and O–H groups in total. The van der Waals surface area contributed by atoms with Gasteiger partial charge in [0.2, 0.25) is 0 Å². The predicted molar refractivity (Wildman–Crippen MR) is 116 cm³/mol. The van der Waals surface area contributed by atoms with Crippen molar-refractivity contribution in [1.29, 1.82) is 0 Å². The van der Waals surface area contributed by atoms with Crippen LogP contribution in [0.4, 0.5) is 0 Å². The second-order valence-electron chi connectivity index (χ2n) is 6.02. The van der Waals surface area contributed by atoms with Gasteiger partial charge in [-0.25, -0.2) is 0 Å². The number of benzene rings is 1. The van der Waals surface area contributed by atoms with E-state index in [0.29, 0.717) is 12.0 Å². The van der Waals surface area contributed by atoms with Crippen molar-refractivity contribution in [1.82, 2.24) is 10.6 Å². The molecular weight excluding hydrogens is 433 g/mol. The maximum atomic E-state index is 5.21. The van der Waals surface area contributed by atoms with Crippen LogP contribution in [0.5, 0.6) is 5.75 Å². The van der Waals surface area contributed by atoms with E-state index < -0.39 is 0 Å². The molecule has 0 saturated carbocycles. The van der Waals surface area contributed by atoms with E-state index in [9.17, 15) is 0 Å². The lowest BCUT2D eigenvalue weighted by Crippen LogP contribution is -2.45. The summed E-state index contributed by atoms with van der Waals surface area (Å²) in [6.07, 6.45) is 3.62. The summed E-state index contributed by atoms with van der Waals surface area (Å²) in [6.45, 7) is 3.18. The van der Waals surface area contributed by atoms with Gasteiger partial charge in [-0.3, -0.25) is 4.99 Å². The summed E-state index contributed by atoms with van der Waals surface area (Å²) in [5.41, 5.74) is 1.35. The van der Waals surface area contributed by atoms with E-state index in [-0.39, 0.29) is 24.0 Å². The lowest BCUT2D eigenvalue weighted by Gasteiger charge is -2.24. The topological polar surface area (TPSA) is 45.7 Å². The molecule has 0 aromatic heterocycles. The second kappa shape index (κ2) is 11.8. The monoisotopic (exact) mass is 463 g/mol. The first-order valence-corrected chi connectivity index (χ1v) is 9.57. The van der Waals surface area contributed by atoms with Crippen molar-refractivity contribution in [3.63, 3.8) is 0 Å². The minimum atomic E-state index is 0. The lowest BCUT2D eigenvalue weighted by atomic mass is 9.98. The maximum absolute atomic E-state index is 5.21. The van der Waals surface area contributed by atoms with Gasteiger partial charge < -0.3 is 15.4 Å². The van der Waals surface area contributed by atoms with Crippen LogP contribution in [0.1, 0.15) is 37.7 Å². The second-order valence-corrected chi connectivity index (χ2v) is 7.17. The van der Waals surface area contributed by atoms with Gasteiger partial charge in [0.25, 0.3) is 0 Å². The van der Waals surface area contributed by atoms with Crippen molar-refractivity contribution in [3.8, 4) is 5.75 Å². The van der Waals surface area contributed by atoms with E-state index in [4.69, 9.17) is 4.74 Å². The fourth-order valence-corrected chi connectivity index (χ4v) is 3.82. The first-order chi connectivity index (χ1) is 11.2. The molecule has 1 aliphatic heterocycles. The molecule has 6 heteroatoms. The molecule has 136 valence electrons. The minimum absolute atomic E-state index is 0. The van der Waals surface area contributed by atoms with Crippen LogP contribution in [0.3, 0.4) is 0 Å². The average molecular weight is 463 g/mol. The number of halogens is 1. The molecule has 0 radical (unpaired) electrons. The maximum Gasteiger partial charge on any atom is 0.191 e. The molecular formula is C18H30IN3OS. The number of nitrogens with zero attached hydrogens (tertiary/aromatic N) is 1. The molecule has 0 bridgehead atoms. The molecule has 1 aromatic rings. The van der Waals surface area contributed by atoms with E-state index in [1.807, 2.05) is 30.9 Å². The van der Waals surface area contributed by atoms with Crippen LogP contribution >= 0.6 is 35.7 Å². The highest BCUT2D eigenvalue weighted by molar-refractivity contribution is 14.0. The molecule has 1 aliphatic rings. The summed E-state index contributed by atoms with van der Waals surface area (Å²) >= 11 is 2.03. The highest BCUT2D eigenvalue weighted by atomic mass is 127. The molecule has 2 rings (SSSR count). The molecule has 4 nitrogen and oxygen atoms in total. The van der Waals surface area contributed by atoms with Gasteiger partial charge in [0.05, 0.1) is 7.11 Å². The highest BCUT2D eigenvalue weighted by Crippen LogP contribution is 2.21. The largest absolute Gasteiger partial charge is 0.497 e. The Kier molecular flexibility index (Phi) is 10.6. The van der Waals surface area contributed by atoms with Crippen molar-refractivity contribution >= 4 is 41.7 Å². The number of hydrogen-bond acceptors (Lipinski definition) is 3. The quantitative estimate of drug-likeness (QED) is 0.382. The number of rotatable bonds is 6. The van der Waals surface area contributed by atoms with E-state index in [0.717, 1.165) is 24.7 Å². The normalized spacial score (nSPS) is 19.1. The standard InChI is InChI=1S/C18H29N3OS.HI/c1-14(15-6-8-17(22-3)9-7-15)10-11-20-18(19-2)21-16-5-4-12-23-13-16;/h6-9,14,16H,4-5,10-13H2,1-3H3,(H2,19,20,21);1H. The zero-order valence-electron chi connectivity index (χ0n) is 14.9. The summed E-state index contributed by atoms with van der Waals surface area (Å²) in [6, 6.07) is 8.91. The fourth-order valence-electron chi connectivity index (χ4n) is 2.75. The Balaban J connectivity index is 0.00000288. The molecule has 0 spiro atoms. The van der Waals surface area contributed by atoms with Crippen molar-refractivity contribution in [2.75, 3.05) is 32.2 Å². The van der Waals surface area contributed by atoms with E-state index in [1.165, 1.54) is 29.9 Å². The predicted octanol–water partition coefficient (Wildman–Crippen LogP) is 3.87. The Labute approximate surface area is 167 Å². The van der Waals surface area contributed by atoms with Gasteiger partial charge in [0.15, 0.2) is 5.96 Å². The molecule has 1 aromatic carbocycles. The van der Waals surface area contributed by atoms with Gasteiger partial charge in [-0.05, 0) is 48.6 Å². The van der Waals surface area contributed by atoms with E-state index >= 15 is 0 Å². The van der Waals surface area contributed by atoms with Crippen molar-refractivity contribution in [3.05, 3.63) is 29.8 Å². The van der Waals surface area contributed by atoms with E-state index in [2.05, 4.69) is 34.7 Å². The van der Waals surface area contributed by atoms with Crippen LogP contribution in [0.2, 0.25) is 0 Å². The van der Waals surface area contributed by atoms with Crippen LogP contribution in [0.15, 0.2) is 29.3 Å². The zero-order valence-corrected chi connectivity index (χ0v) is 18.0. The SMILES string of the molecule is CN=C(NCCC(C)c1ccc(OC)cc1)NC1CCCSC1.I. The molecule has 0 aliphatic carbocycles. The lowest BCUT2D eigenvalue weighted by molar-refractivity contribution is 0.414. The Morgan fingerprint density at radius 3 is 2.71 bits per heavy atom. The molecule has 2 atom stereocenters. The van der Waals surface area contributed by atoms with Gasteiger partial charge in [0, 0.05) is 25.4 Å². The Bertz CT molecular complexity index is 490. The van der Waals surface area contributed by atoms with E-state index in [1.54, 1.807) is 7.11 Å². The van der Waals surface area contributed by atoms with Crippen LogP contribution in [-0.4, -0.2) is 44.2 Å². The smallest absolute Gasteiger partial charge is 0.191 e. The van der Waals surface area contributed by atoms with Gasteiger partial charge in [-0.2, -0.15) is 11.8 Å². The summed E-state index contributed by atoms with van der Waals surface area (Å²) in [7, 11) is 3.55. The number of thioether (sulfide) groups is 1. The van der Waals surface area contributed by atoms with Gasteiger partial charge in [0.1, 0.15) is 5.75 Å². The van der Waals surface area contributed by atoms with Crippen LogP contribution in [-0.2, 0) is 0 Å². The minimum Gasteiger partial charge on any atom is -0.497 e. The van der Waals surface area contributed by atoms with Crippen molar-refractivity contribution in [2.45, 2.75) is 38.1 Å². The van der Waals surface area contributed by atoms with Gasteiger partial charge in [-0.1, -0.05) is 19.1 Å². The first kappa shape index (κ1) is 21.4. The fraction of sp³-hybridized carbons (Fsp3) is 0.611. The average Bonchev–Trinajstić information content (AvgIpc) is 2.61. The zero-order chi connectivity index (χ0) is 16.5. The number of guanidine groups is 1. The third-order valence-corrected chi connectivity index (χ3v) is 5.49. The Morgan fingerprint density at radius 1 is 1.38 bits per heavy atom. The summed E-state index contributed by atoms with van der Waals surface area (Å²) in [4.78, 5) is 4.34. The third-order valence-electron chi connectivity index (χ3n) is 4.28. The van der Waals surface area contributed by atoms with Crippen LogP contribution in [0.25, 0.3) is 0 Å². The van der Waals surface area contributed by atoms with Gasteiger partial charge >= 0.3 is 0 Å². The number of nitrogens with one attached hydrogen (secondary N) is 2. The molecule has 1 heterocycles. The number of aliphatic imine (C=N–C) groups is 1. The number of hydrogen-bond donors (Lipinski definition) is 2. The first-order valence-electron chi connectivity index (χ1n) is 8.41. The van der Waals surface area contributed by atoms with Gasteiger partial charge in [-0.15, -0.1) is 24.0 Å². The molecule has 24 heavy (non-hydrogen) atoms. The summed E-state index contributed by atoms with van der Waals surface area (Å²) in [5.74, 6) is 4.83. The molecule has 2 unspecified atom stereocenters.